The third-order valence-electron chi connectivity index (χ3n) is 3.59. The van der Waals surface area contributed by atoms with Gasteiger partial charge in [0.1, 0.15) is 11.9 Å². The number of likely N-dealkylation sites (N-methyl/N-ethyl adjacent to an activating group) is 1. The molecule has 0 aromatic carbocycles. The largest absolute Gasteiger partial charge is 0.383 e. The minimum atomic E-state index is 0.576. The average molecular weight is 233 g/mol. The van der Waals surface area contributed by atoms with Crippen LogP contribution in [0, 0.1) is 25.2 Å². The molecule has 17 heavy (non-hydrogen) atoms. The van der Waals surface area contributed by atoms with Crippen LogP contribution in [-0.2, 0) is 0 Å². The lowest BCUT2D eigenvalue weighted by Crippen LogP contribution is -2.50. The molecule has 0 spiro atoms. The molecule has 2 rings (SSSR count). The van der Waals surface area contributed by atoms with Crippen LogP contribution in [0.15, 0.2) is 0 Å². The summed E-state index contributed by atoms with van der Waals surface area (Å²) in [7, 11) is 2.12. The molecule has 1 fully saturated rings. The summed E-state index contributed by atoms with van der Waals surface area (Å²) in [5, 5.41) is 11.3. The Morgan fingerprint density at radius 1 is 1.18 bits per heavy atom. The van der Waals surface area contributed by atoms with Crippen molar-refractivity contribution in [3.05, 3.63) is 16.8 Å². The molecule has 0 atom stereocenters. The van der Waals surface area contributed by atoms with Crippen LogP contribution in [0.2, 0.25) is 0 Å². The van der Waals surface area contributed by atoms with Gasteiger partial charge >= 0.3 is 0 Å². The molecular weight excluding hydrogens is 214 g/mol. The van der Waals surface area contributed by atoms with Crippen molar-refractivity contribution in [1.82, 2.24) is 9.58 Å². The van der Waals surface area contributed by atoms with Gasteiger partial charge in [-0.15, -0.1) is 0 Å². The second-order valence-electron chi connectivity index (χ2n) is 4.65. The van der Waals surface area contributed by atoms with Crippen molar-refractivity contribution in [2.45, 2.75) is 13.8 Å². The fraction of sp³-hybridized carbons (Fsp3) is 0.583. The first-order chi connectivity index (χ1) is 8.06. The van der Waals surface area contributed by atoms with Gasteiger partial charge in [-0.3, -0.25) is 0 Å². The summed E-state index contributed by atoms with van der Waals surface area (Å²) < 4.78 is 2.00. The Balaban J connectivity index is 2.37. The standard InChI is InChI=1S/C12H19N5/c1-9-10(2)17(12(14)11(9)8-13)16-6-4-15(3)5-7-16/h4-7,14H2,1-3H3. The first-order valence-electron chi connectivity index (χ1n) is 5.87. The molecule has 0 saturated carbocycles. The highest BCUT2D eigenvalue weighted by atomic mass is 15.6. The molecule has 1 aromatic rings. The van der Waals surface area contributed by atoms with E-state index >= 15 is 0 Å². The molecule has 2 heterocycles. The summed E-state index contributed by atoms with van der Waals surface area (Å²) in [4.78, 5) is 2.30. The number of piperazine rings is 1. The van der Waals surface area contributed by atoms with Crippen molar-refractivity contribution in [3.63, 3.8) is 0 Å². The Morgan fingerprint density at radius 3 is 2.24 bits per heavy atom. The SMILES string of the molecule is Cc1c(C#N)c(N)n(N2CCN(C)CC2)c1C. The van der Waals surface area contributed by atoms with Crippen LogP contribution >= 0.6 is 0 Å². The van der Waals surface area contributed by atoms with Gasteiger partial charge in [0.25, 0.3) is 0 Å². The zero-order chi connectivity index (χ0) is 12.6. The number of aromatic nitrogens is 1. The Morgan fingerprint density at radius 2 is 1.76 bits per heavy atom. The summed E-state index contributed by atoms with van der Waals surface area (Å²) in [6, 6.07) is 2.19. The molecule has 1 aromatic heterocycles. The van der Waals surface area contributed by atoms with Gasteiger partial charge in [0.2, 0.25) is 0 Å². The molecule has 0 radical (unpaired) electrons. The van der Waals surface area contributed by atoms with Crippen LogP contribution in [-0.4, -0.2) is 42.8 Å². The van der Waals surface area contributed by atoms with Gasteiger partial charge in [-0.25, -0.2) is 4.68 Å². The van der Waals surface area contributed by atoms with Gasteiger partial charge in [-0.2, -0.15) is 5.26 Å². The summed E-state index contributed by atoms with van der Waals surface area (Å²) >= 11 is 0. The van der Waals surface area contributed by atoms with Crippen molar-refractivity contribution >= 4 is 5.82 Å². The lowest BCUT2D eigenvalue weighted by Gasteiger charge is -2.36. The van der Waals surface area contributed by atoms with E-state index in [1.54, 1.807) is 0 Å². The van der Waals surface area contributed by atoms with Crippen molar-refractivity contribution in [2.75, 3.05) is 44.0 Å². The van der Waals surface area contributed by atoms with Crippen LogP contribution in [0.5, 0.6) is 0 Å². The first-order valence-corrected chi connectivity index (χ1v) is 5.87. The number of nitrogens with two attached hydrogens (primary N) is 1. The molecule has 5 heteroatoms. The van der Waals surface area contributed by atoms with E-state index in [0.29, 0.717) is 11.4 Å². The Labute approximate surface area is 102 Å². The Bertz CT molecular complexity index is 460. The lowest BCUT2D eigenvalue weighted by molar-refractivity contribution is 0.287. The second kappa shape index (κ2) is 4.30. The molecular formula is C12H19N5. The average Bonchev–Trinajstić information content (AvgIpc) is 2.52. The van der Waals surface area contributed by atoms with Gasteiger partial charge in [0.05, 0.1) is 5.56 Å². The lowest BCUT2D eigenvalue weighted by atomic mass is 10.2. The molecule has 0 unspecified atom stereocenters. The molecule has 2 N–H and O–H groups in total. The molecule has 0 aliphatic carbocycles. The molecule has 5 nitrogen and oxygen atoms in total. The van der Waals surface area contributed by atoms with E-state index in [4.69, 9.17) is 11.0 Å². The van der Waals surface area contributed by atoms with E-state index in [0.717, 1.165) is 37.4 Å². The quantitative estimate of drug-likeness (QED) is 0.764. The highest BCUT2D eigenvalue weighted by Gasteiger charge is 2.21. The number of hydrogen-bond acceptors (Lipinski definition) is 4. The zero-order valence-corrected chi connectivity index (χ0v) is 10.7. The van der Waals surface area contributed by atoms with E-state index in [9.17, 15) is 0 Å². The monoisotopic (exact) mass is 233 g/mol. The maximum absolute atomic E-state index is 9.11. The smallest absolute Gasteiger partial charge is 0.141 e. The van der Waals surface area contributed by atoms with Crippen LogP contribution in [0.25, 0.3) is 0 Å². The van der Waals surface area contributed by atoms with Gasteiger partial charge in [0, 0.05) is 31.9 Å². The number of rotatable bonds is 1. The summed E-state index contributed by atoms with van der Waals surface area (Å²) in [6.07, 6.45) is 0. The van der Waals surface area contributed by atoms with Crippen LogP contribution in [0.4, 0.5) is 5.82 Å². The van der Waals surface area contributed by atoms with E-state index in [1.807, 2.05) is 18.5 Å². The highest BCUT2D eigenvalue weighted by Crippen LogP contribution is 2.24. The van der Waals surface area contributed by atoms with E-state index in [-0.39, 0.29) is 0 Å². The second-order valence-corrected chi connectivity index (χ2v) is 4.65. The topological polar surface area (TPSA) is 61.2 Å². The molecule has 1 aliphatic heterocycles. The maximum Gasteiger partial charge on any atom is 0.141 e. The van der Waals surface area contributed by atoms with Crippen LogP contribution in [0.3, 0.4) is 0 Å². The third-order valence-corrected chi connectivity index (χ3v) is 3.59. The summed E-state index contributed by atoms with van der Waals surface area (Å²) in [6.45, 7) is 7.92. The normalized spacial score (nSPS) is 17.2. The maximum atomic E-state index is 9.11. The van der Waals surface area contributed by atoms with Crippen molar-refractivity contribution < 1.29 is 0 Å². The van der Waals surface area contributed by atoms with Crippen molar-refractivity contribution in [3.8, 4) is 6.07 Å². The minimum absolute atomic E-state index is 0.576. The number of nitrogens with zero attached hydrogens (tertiary/aromatic N) is 4. The Kier molecular flexibility index (Phi) is 2.99. The predicted molar refractivity (Wildman–Crippen MR) is 68.5 cm³/mol. The molecule has 0 amide bonds. The number of nitriles is 1. The minimum Gasteiger partial charge on any atom is -0.383 e. The van der Waals surface area contributed by atoms with Crippen LogP contribution in [0.1, 0.15) is 16.8 Å². The predicted octanol–water partition coefficient (Wildman–Crippen LogP) is 0.442. The summed E-state index contributed by atoms with van der Waals surface area (Å²) in [5.41, 5.74) is 8.74. The summed E-state index contributed by atoms with van der Waals surface area (Å²) in [5.74, 6) is 0.576. The van der Waals surface area contributed by atoms with E-state index in [2.05, 4.69) is 23.0 Å². The molecule has 0 bridgehead atoms. The zero-order valence-electron chi connectivity index (χ0n) is 10.7. The number of anilines is 1. The number of nitrogen functional groups attached to an aromatic ring is 1. The van der Waals surface area contributed by atoms with Crippen LogP contribution < -0.4 is 10.7 Å². The molecule has 92 valence electrons. The fourth-order valence-corrected chi connectivity index (χ4v) is 2.32. The van der Waals surface area contributed by atoms with Gasteiger partial charge in [-0.05, 0) is 26.5 Å². The fourth-order valence-electron chi connectivity index (χ4n) is 2.32. The first kappa shape index (κ1) is 11.8. The van der Waals surface area contributed by atoms with Crippen molar-refractivity contribution in [1.29, 1.82) is 5.26 Å². The van der Waals surface area contributed by atoms with E-state index in [1.165, 1.54) is 0 Å². The van der Waals surface area contributed by atoms with Gasteiger partial charge < -0.3 is 15.6 Å². The van der Waals surface area contributed by atoms with Crippen molar-refractivity contribution in [2.24, 2.45) is 0 Å². The third kappa shape index (κ3) is 1.85. The van der Waals surface area contributed by atoms with E-state index < -0.39 is 0 Å². The van der Waals surface area contributed by atoms with Gasteiger partial charge in [-0.1, -0.05) is 0 Å². The highest BCUT2D eigenvalue weighted by molar-refractivity contribution is 5.58. The number of hydrogen-bond donors (Lipinski definition) is 1. The Hall–Kier alpha value is -1.67. The molecule has 1 aliphatic rings. The van der Waals surface area contributed by atoms with Gasteiger partial charge in [0.15, 0.2) is 0 Å². The molecule has 1 saturated heterocycles.